The highest BCUT2D eigenvalue weighted by Gasteiger charge is 2.26. The van der Waals surface area contributed by atoms with Crippen LogP contribution < -0.4 is 5.32 Å². The van der Waals surface area contributed by atoms with Gasteiger partial charge in [0.1, 0.15) is 17.7 Å². The van der Waals surface area contributed by atoms with Gasteiger partial charge in [-0.15, -0.1) is 16.8 Å². The molecule has 0 radical (unpaired) electrons. The molecule has 148 valence electrons. The lowest BCUT2D eigenvalue weighted by Crippen LogP contribution is -2.20. The highest BCUT2D eigenvalue weighted by Crippen LogP contribution is 2.37. The molecular formula is C20H26N6OS. The summed E-state index contributed by atoms with van der Waals surface area (Å²) in [4.78, 5) is 12.7. The summed E-state index contributed by atoms with van der Waals surface area (Å²) in [5.74, 6) is 1.48. The summed E-state index contributed by atoms with van der Waals surface area (Å²) >= 11 is 1.34. The van der Waals surface area contributed by atoms with Gasteiger partial charge in [0.25, 0.3) is 0 Å². The molecule has 0 bridgehead atoms. The zero-order chi connectivity index (χ0) is 20.3. The number of nitriles is 1. The molecule has 1 saturated carbocycles. The fourth-order valence-electron chi connectivity index (χ4n) is 3.81. The Bertz CT molecular complexity index is 930. The van der Waals surface area contributed by atoms with E-state index in [0.717, 1.165) is 29.9 Å². The number of carbonyl (C=O) groups is 1. The molecule has 28 heavy (non-hydrogen) atoms. The van der Waals surface area contributed by atoms with Crippen LogP contribution in [0.3, 0.4) is 0 Å². The summed E-state index contributed by atoms with van der Waals surface area (Å²) in [6, 6.07) is 2.63. The zero-order valence-corrected chi connectivity index (χ0v) is 17.5. The molecule has 0 unspecified atom stereocenters. The molecule has 0 aromatic carbocycles. The number of nitrogens with one attached hydrogen (secondary N) is 1. The number of allylic oxidation sites excluding steroid dienone is 1. The van der Waals surface area contributed by atoms with E-state index in [0.29, 0.717) is 29.1 Å². The third kappa shape index (κ3) is 3.85. The van der Waals surface area contributed by atoms with E-state index >= 15 is 0 Å². The average molecular weight is 399 g/mol. The second-order valence-corrected chi connectivity index (χ2v) is 8.06. The van der Waals surface area contributed by atoms with Crippen LogP contribution in [0, 0.1) is 32.1 Å². The van der Waals surface area contributed by atoms with Crippen molar-refractivity contribution in [3.05, 3.63) is 35.3 Å². The third-order valence-corrected chi connectivity index (χ3v) is 6.33. The summed E-state index contributed by atoms with van der Waals surface area (Å²) in [5.41, 5.74) is 2.57. The Morgan fingerprint density at radius 2 is 2.07 bits per heavy atom. The van der Waals surface area contributed by atoms with E-state index < -0.39 is 0 Å². The molecule has 2 heterocycles. The Labute approximate surface area is 169 Å². The van der Waals surface area contributed by atoms with E-state index in [1.807, 2.05) is 25.3 Å². The normalized spacial score (nSPS) is 14.2. The van der Waals surface area contributed by atoms with Crippen molar-refractivity contribution in [2.45, 2.75) is 64.2 Å². The lowest BCUT2D eigenvalue weighted by atomic mass is 10.2. The summed E-state index contributed by atoms with van der Waals surface area (Å²) in [5, 5.41) is 21.5. The number of aromatic nitrogens is 4. The molecule has 0 spiro atoms. The lowest BCUT2D eigenvalue weighted by Gasteiger charge is -2.19. The number of thioether (sulfide) groups is 1. The predicted octanol–water partition coefficient (Wildman–Crippen LogP) is 3.91. The fourth-order valence-corrected chi connectivity index (χ4v) is 4.61. The average Bonchev–Trinajstić information content (AvgIpc) is 3.36. The second-order valence-electron chi connectivity index (χ2n) is 7.12. The van der Waals surface area contributed by atoms with Crippen LogP contribution in [0.1, 0.15) is 54.4 Å². The van der Waals surface area contributed by atoms with Gasteiger partial charge in [0.05, 0.1) is 11.3 Å². The number of nitrogens with zero attached hydrogens (tertiary/aromatic N) is 5. The fraction of sp³-hybridized carbons (Fsp3) is 0.500. The molecule has 2 aromatic rings. The van der Waals surface area contributed by atoms with Crippen LogP contribution in [0.25, 0.3) is 0 Å². The second kappa shape index (κ2) is 8.65. The molecule has 1 N–H and O–H groups in total. The number of anilines is 1. The van der Waals surface area contributed by atoms with Crippen molar-refractivity contribution in [2.24, 2.45) is 0 Å². The summed E-state index contributed by atoms with van der Waals surface area (Å²) < 4.78 is 4.08. The highest BCUT2D eigenvalue weighted by atomic mass is 32.2. The molecule has 1 aliphatic rings. The largest absolute Gasteiger partial charge is 0.327 e. The molecule has 0 atom stereocenters. The maximum atomic E-state index is 12.7. The van der Waals surface area contributed by atoms with Crippen LogP contribution in [-0.4, -0.2) is 31.0 Å². The third-order valence-electron chi connectivity index (χ3n) is 5.36. The first kappa shape index (κ1) is 20.2. The minimum absolute atomic E-state index is 0.149. The van der Waals surface area contributed by atoms with Gasteiger partial charge in [-0.1, -0.05) is 30.7 Å². The quantitative estimate of drug-likeness (QED) is 0.564. The predicted molar refractivity (Wildman–Crippen MR) is 110 cm³/mol. The van der Waals surface area contributed by atoms with Crippen LogP contribution >= 0.6 is 11.8 Å². The van der Waals surface area contributed by atoms with Gasteiger partial charge >= 0.3 is 0 Å². The van der Waals surface area contributed by atoms with E-state index in [9.17, 15) is 10.1 Å². The molecule has 1 fully saturated rings. The van der Waals surface area contributed by atoms with Gasteiger partial charge in [-0.3, -0.25) is 4.79 Å². The zero-order valence-electron chi connectivity index (χ0n) is 16.7. The maximum absolute atomic E-state index is 12.7. The molecule has 2 aromatic heterocycles. The molecule has 1 aliphatic carbocycles. The first-order valence-electron chi connectivity index (χ1n) is 9.52. The molecule has 3 rings (SSSR count). The molecule has 7 nitrogen and oxygen atoms in total. The SMILES string of the molecule is C=CCn1c(C)nnc1SCC(=O)Nc1c(C#N)c(C)c(C)n1C1CCCC1. The van der Waals surface area contributed by atoms with Crippen molar-refractivity contribution in [3.8, 4) is 6.07 Å². The van der Waals surface area contributed by atoms with E-state index in [1.54, 1.807) is 6.08 Å². The van der Waals surface area contributed by atoms with E-state index in [2.05, 4.69) is 32.7 Å². The summed E-state index contributed by atoms with van der Waals surface area (Å²) in [6.07, 6.45) is 6.32. The van der Waals surface area contributed by atoms with Crippen molar-refractivity contribution in [1.82, 2.24) is 19.3 Å². The van der Waals surface area contributed by atoms with Crippen LogP contribution in [0.15, 0.2) is 17.8 Å². The number of hydrogen-bond donors (Lipinski definition) is 1. The Kier molecular flexibility index (Phi) is 6.25. The van der Waals surface area contributed by atoms with Crippen LogP contribution in [-0.2, 0) is 11.3 Å². The van der Waals surface area contributed by atoms with E-state index in [-0.39, 0.29) is 11.7 Å². The van der Waals surface area contributed by atoms with Gasteiger partial charge in [0.15, 0.2) is 5.16 Å². The van der Waals surface area contributed by atoms with Crippen molar-refractivity contribution in [3.63, 3.8) is 0 Å². The smallest absolute Gasteiger partial charge is 0.235 e. The van der Waals surface area contributed by atoms with Gasteiger partial charge in [-0.2, -0.15) is 5.26 Å². The molecular weight excluding hydrogens is 372 g/mol. The summed E-state index contributed by atoms with van der Waals surface area (Å²) in [7, 11) is 0. The topological polar surface area (TPSA) is 88.5 Å². The van der Waals surface area contributed by atoms with Crippen LogP contribution in [0.5, 0.6) is 0 Å². The number of carbonyl (C=O) groups excluding carboxylic acids is 1. The van der Waals surface area contributed by atoms with Crippen molar-refractivity contribution >= 4 is 23.5 Å². The molecule has 8 heteroatoms. The van der Waals surface area contributed by atoms with Crippen molar-refractivity contribution in [1.29, 1.82) is 5.26 Å². The Balaban J connectivity index is 1.78. The van der Waals surface area contributed by atoms with E-state index in [1.165, 1.54) is 24.6 Å². The minimum atomic E-state index is -0.149. The van der Waals surface area contributed by atoms with Gasteiger partial charge in [0.2, 0.25) is 5.91 Å². The van der Waals surface area contributed by atoms with Crippen LogP contribution in [0.4, 0.5) is 5.82 Å². The van der Waals surface area contributed by atoms with Crippen molar-refractivity contribution in [2.75, 3.05) is 11.1 Å². The van der Waals surface area contributed by atoms with E-state index in [4.69, 9.17) is 0 Å². The standard InChI is InChI=1S/C20H26N6OS/c1-5-10-25-15(4)23-24-20(25)28-12-18(27)22-19-17(11-21)13(2)14(3)26(19)16-8-6-7-9-16/h5,16H,1,6-10,12H2,2-4H3,(H,22,27). The number of hydrogen-bond acceptors (Lipinski definition) is 5. The van der Waals surface area contributed by atoms with Crippen molar-refractivity contribution < 1.29 is 4.79 Å². The number of aryl methyl sites for hydroxylation is 1. The number of rotatable bonds is 7. The molecule has 0 aliphatic heterocycles. The summed E-state index contributed by atoms with van der Waals surface area (Å²) in [6.45, 7) is 10.2. The minimum Gasteiger partial charge on any atom is -0.327 e. The molecule has 1 amide bonds. The first-order chi connectivity index (χ1) is 13.5. The highest BCUT2D eigenvalue weighted by molar-refractivity contribution is 7.99. The maximum Gasteiger partial charge on any atom is 0.235 e. The number of amides is 1. The Morgan fingerprint density at radius 1 is 1.36 bits per heavy atom. The first-order valence-corrected chi connectivity index (χ1v) is 10.5. The monoisotopic (exact) mass is 398 g/mol. The molecule has 0 saturated heterocycles. The Hall–Kier alpha value is -2.53. The Morgan fingerprint density at radius 3 is 2.71 bits per heavy atom. The van der Waals surface area contributed by atoms with Gasteiger partial charge < -0.3 is 14.5 Å². The van der Waals surface area contributed by atoms with Gasteiger partial charge in [-0.25, -0.2) is 0 Å². The van der Waals surface area contributed by atoms with Crippen LogP contribution in [0.2, 0.25) is 0 Å². The van der Waals surface area contributed by atoms with Gasteiger partial charge in [-0.05, 0) is 39.2 Å². The van der Waals surface area contributed by atoms with Gasteiger partial charge in [0, 0.05) is 18.3 Å². The lowest BCUT2D eigenvalue weighted by molar-refractivity contribution is -0.113.